The molecule has 82 valence electrons. The molecule has 1 rings (SSSR count). The van der Waals surface area contributed by atoms with Gasteiger partial charge in [-0.05, 0) is 31.0 Å². The Labute approximate surface area is 91.3 Å². The summed E-state index contributed by atoms with van der Waals surface area (Å²) >= 11 is 5.11. The van der Waals surface area contributed by atoms with Crippen molar-refractivity contribution < 1.29 is 5.11 Å². The fourth-order valence-corrected chi connectivity index (χ4v) is 2.24. The van der Waals surface area contributed by atoms with Crippen LogP contribution in [0.2, 0.25) is 0 Å². The van der Waals surface area contributed by atoms with E-state index in [4.69, 9.17) is 17.3 Å². The van der Waals surface area contributed by atoms with E-state index in [2.05, 4.69) is 17.6 Å². The van der Waals surface area contributed by atoms with Gasteiger partial charge in [-0.1, -0.05) is 19.8 Å². The highest BCUT2D eigenvalue weighted by Gasteiger charge is 2.18. The zero-order valence-corrected chi connectivity index (χ0v) is 9.57. The van der Waals surface area contributed by atoms with Crippen LogP contribution in [0, 0.1) is 5.92 Å². The van der Waals surface area contributed by atoms with Gasteiger partial charge >= 0.3 is 0 Å². The lowest BCUT2D eigenvalue weighted by Crippen LogP contribution is -2.44. The average Bonchev–Trinajstić information content (AvgIpc) is 2.15. The van der Waals surface area contributed by atoms with Crippen LogP contribution in [0.25, 0.3) is 0 Å². The first-order valence-electron chi connectivity index (χ1n) is 5.37. The van der Waals surface area contributed by atoms with E-state index in [0.717, 1.165) is 5.92 Å². The van der Waals surface area contributed by atoms with Crippen molar-refractivity contribution in [2.75, 3.05) is 13.2 Å². The maximum Gasteiger partial charge on any atom is 0.166 e. The molecule has 0 aromatic heterocycles. The Morgan fingerprint density at radius 3 is 2.93 bits per heavy atom. The number of aliphatic hydroxyl groups excluding tert-OH is 1. The molecule has 0 aromatic carbocycles. The van der Waals surface area contributed by atoms with E-state index in [9.17, 15) is 0 Å². The number of thiocarbonyl (C=S) groups is 1. The van der Waals surface area contributed by atoms with E-state index < -0.39 is 0 Å². The predicted octanol–water partition coefficient (Wildman–Crippen LogP) is 1.02. The summed E-state index contributed by atoms with van der Waals surface area (Å²) in [4.78, 5) is 0. The predicted molar refractivity (Wildman–Crippen MR) is 62.2 cm³/mol. The Morgan fingerprint density at radius 2 is 2.29 bits per heavy atom. The zero-order valence-electron chi connectivity index (χ0n) is 8.75. The van der Waals surface area contributed by atoms with Crippen LogP contribution in [-0.4, -0.2) is 29.4 Å². The Kier molecular flexibility index (Phi) is 5.19. The van der Waals surface area contributed by atoms with Gasteiger partial charge in [-0.3, -0.25) is 0 Å². The molecular weight excluding hydrogens is 196 g/mol. The molecule has 0 amide bonds. The molecule has 1 fully saturated rings. The van der Waals surface area contributed by atoms with Crippen LogP contribution in [0.4, 0.5) is 0 Å². The van der Waals surface area contributed by atoms with Crippen LogP contribution in [0.15, 0.2) is 0 Å². The van der Waals surface area contributed by atoms with Crippen molar-refractivity contribution in [2.24, 2.45) is 5.92 Å². The number of hydrogen-bond acceptors (Lipinski definition) is 2. The van der Waals surface area contributed by atoms with E-state index >= 15 is 0 Å². The van der Waals surface area contributed by atoms with Gasteiger partial charge < -0.3 is 15.7 Å². The molecule has 1 aliphatic carbocycles. The Bertz CT molecular complexity index is 187. The van der Waals surface area contributed by atoms with Gasteiger partial charge in [0.2, 0.25) is 0 Å². The Morgan fingerprint density at radius 1 is 1.50 bits per heavy atom. The molecule has 14 heavy (non-hydrogen) atoms. The highest BCUT2D eigenvalue weighted by Crippen LogP contribution is 2.23. The van der Waals surface area contributed by atoms with Gasteiger partial charge in [-0.25, -0.2) is 0 Å². The molecule has 0 radical (unpaired) electrons. The lowest BCUT2D eigenvalue weighted by atomic mass is 9.87. The standard InChI is InChI=1S/C10H20N2OS/c1-8-3-2-4-9(7-8)12-10(14)11-5-6-13/h8-9,13H,2-7H2,1H3,(H2,11,12,14)/t8-,9-/m0/s1. The molecule has 4 heteroatoms. The highest BCUT2D eigenvalue weighted by molar-refractivity contribution is 7.80. The van der Waals surface area contributed by atoms with E-state index in [0.29, 0.717) is 17.7 Å². The third kappa shape index (κ3) is 4.24. The topological polar surface area (TPSA) is 44.3 Å². The second kappa shape index (κ2) is 6.19. The summed E-state index contributed by atoms with van der Waals surface area (Å²) in [6.07, 6.45) is 5.06. The van der Waals surface area contributed by atoms with Gasteiger partial charge in [0.1, 0.15) is 0 Å². The first kappa shape index (κ1) is 11.7. The minimum atomic E-state index is 0.128. The summed E-state index contributed by atoms with van der Waals surface area (Å²) in [5, 5.41) is 15.6. The van der Waals surface area contributed by atoms with Crippen molar-refractivity contribution in [2.45, 2.75) is 38.6 Å². The molecule has 2 atom stereocenters. The monoisotopic (exact) mass is 216 g/mol. The Balaban J connectivity index is 2.18. The van der Waals surface area contributed by atoms with Crippen LogP contribution in [-0.2, 0) is 0 Å². The summed E-state index contributed by atoms with van der Waals surface area (Å²) in [6, 6.07) is 0.525. The summed E-state index contributed by atoms with van der Waals surface area (Å²) in [5.41, 5.74) is 0. The molecule has 0 saturated heterocycles. The largest absolute Gasteiger partial charge is 0.395 e. The minimum absolute atomic E-state index is 0.128. The van der Waals surface area contributed by atoms with Crippen molar-refractivity contribution in [3.63, 3.8) is 0 Å². The maximum atomic E-state index is 8.61. The van der Waals surface area contributed by atoms with E-state index in [1.54, 1.807) is 0 Å². The van der Waals surface area contributed by atoms with Crippen molar-refractivity contribution in [3.8, 4) is 0 Å². The zero-order chi connectivity index (χ0) is 10.4. The molecule has 3 nitrogen and oxygen atoms in total. The van der Waals surface area contributed by atoms with Gasteiger partial charge in [0, 0.05) is 12.6 Å². The molecule has 0 spiro atoms. The summed E-state index contributed by atoms with van der Waals surface area (Å²) in [7, 11) is 0. The number of hydrogen-bond donors (Lipinski definition) is 3. The van der Waals surface area contributed by atoms with E-state index in [1.165, 1.54) is 25.7 Å². The first-order chi connectivity index (χ1) is 6.72. The molecular formula is C10H20N2OS. The number of aliphatic hydroxyl groups is 1. The number of rotatable bonds is 3. The lowest BCUT2D eigenvalue weighted by Gasteiger charge is -2.28. The smallest absolute Gasteiger partial charge is 0.166 e. The van der Waals surface area contributed by atoms with Gasteiger partial charge in [0.25, 0.3) is 0 Å². The fourth-order valence-electron chi connectivity index (χ4n) is 1.97. The summed E-state index contributed by atoms with van der Waals surface area (Å²) < 4.78 is 0. The second-order valence-corrected chi connectivity index (χ2v) is 4.50. The van der Waals surface area contributed by atoms with Gasteiger partial charge in [0.15, 0.2) is 5.11 Å². The normalized spacial score (nSPS) is 27.0. The minimum Gasteiger partial charge on any atom is -0.395 e. The van der Waals surface area contributed by atoms with Crippen LogP contribution < -0.4 is 10.6 Å². The van der Waals surface area contributed by atoms with E-state index in [-0.39, 0.29) is 6.61 Å². The van der Waals surface area contributed by atoms with Crippen LogP contribution >= 0.6 is 12.2 Å². The van der Waals surface area contributed by atoms with Crippen LogP contribution in [0.1, 0.15) is 32.6 Å². The average molecular weight is 216 g/mol. The van der Waals surface area contributed by atoms with Crippen molar-refractivity contribution in [3.05, 3.63) is 0 Å². The quantitative estimate of drug-likeness (QED) is 0.616. The van der Waals surface area contributed by atoms with Crippen LogP contribution in [0.3, 0.4) is 0 Å². The molecule has 1 aliphatic rings. The fraction of sp³-hybridized carbons (Fsp3) is 0.900. The third-order valence-electron chi connectivity index (χ3n) is 2.67. The number of nitrogens with one attached hydrogen (secondary N) is 2. The molecule has 1 saturated carbocycles. The van der Waals surface area contributed by atoms with Crippen molar-refractivity contribution >= 4 is 17.3 Å². The third-order valence-corrected chi connectivity index (χ3v) is 2.93. The Hall–Kier alpha value is -0.350. The van der Waals surface area contributed by atoms with Crippen LogP contribution in [0.5, 0.6) is 0 Å². The molecule has 0 unspecified atom stereocenters. The molecule has 0 aliphatic heterocycles. The summed E-state index contributed by atoms with van der Waals surface area (Å²) in [6.45, 7) is 2.95. The molecule has 0 aromatic rings. The second-order valence-electron chi connectivity index (χ2n) is 4.09. The van der Waals surface area contributed by atoms with E-state index in [1.807, 2.05) is 0 Å². The van der Waals surface area contributed by atoms with Gasteiger partial charge in [0.05, 0.1) is 6.61 Å². The first-order valence-corrected chi connectivity index (χ1v) is 5.78. The van der Waals surface area contributed by atoms with Gasteiger partial charge in [-0.15, -0.1) is 0 Å². The van der Waals surface area contributed by atoms with Crippen molar-refractivity contribution in [1.29, 1.82) is 0 Å². The SMILES string of the molecule is C[C@H]1CCC[C@H](NC(=S)NCCO)C1. The van der Waals surface area contributed by atoms with Crippen molar-refractivity contribution in [1.82, 2.24) is 10.6 Å². The molecule has 0 heterocycles. The maximum absolute atomic E-state index is 8.61. The molecule has 0 bridgehead atoms. The molecule has 3 N–H and O–H groups in total. The van der Waals surface area contributed by atoms with Gasteiger partial charge in [-0.2, -0.15) is 0 Å². The lowest BCUT2D eigenvalue weighted by molar-refractivity contribution is 0.298. The summed E-state index contributed by atoms with van der Waals surface area (Å²) in [5.74, 6) is 0.807. The highest BCUT2D eigenvalue weighted by atomic mass is 32.1.